The van der Waals surface area contributed by atoms with Gasteiger partial charge in [0.1, 0.15) is 16.1 Å². The molecular formula is C11H11ClN4OS2. The largest absolute Gasteiger partial charge is 0.353 e. The molecule has 5 nitrogen and oxygen atoms in total. The number of thiophene rings is 1. The van der Waals surface area contributed by atoms with Crippen LogP contribution in [0.15, 0.2) is 17.5 Å². The summed E-state index contributed by atoms with van der Waals surface area (Å²) in [7, 11) is 0. The molecule has 1 aliphatic rings. The second-order valence-electron chi connectivity index (χ2n) is 4.17. The minimum absolute atomic E-state index is 0.0352. The summed E-state index contributed by atoms with van der Waals surface area (Å²) in [6.45, 7) is 1.98. The molecular weight excluding hydrogens is 304 g/mol. The van der Waals surface area contributed by atoms with Crippen molar-refractivity contribution in [1.82, 2.24) is 19.8 Å². The van der Waals surface area contributed by atoms with Crippen molar-refractivity contribution in [2.75, 3.05) is 13.1 Å². The third-order valence-electron chi connectivity index (χ3n) is 2.99. The van der Waals surface area contributed by atoms with E-state index in [0.717, 1.165) is 17.1 Å². The molecule has 3 heterocycles. The minimum Gasteiger partial charge on any atom is -0.353 e. The van der Waals surface area contributed by atoms with Gasteiger partial charge in [-0.1, -0.05) is 22.2 Å². The van der Waals surface area contributed by atoms with E-state index in [1.54, 1.807) is 11.3 Å². The van der Waals surface area contributed by atoms with Crippen LogP contribution in [0.4, 0.5) is 0 Å². The van der Waals surface area contributed by atoms with Gasteiger partial charge in [0.2, 0.25) is 5.91 Å². The Labute approximate surface area is 123 Å². The predicted octanol–water partition coefficient (Wildman–Crippen LogP) is 1.93. The van der Waals surface area contributed by atoms with E-state index in [1.807, 2.05) is 17.5 Å². The second kappa shape index (κ2) is 5.54. The van der Waals surface area contributed by atoms with Crippen molar-refractivity contribution in [2.45, 2.75) is 12.6 Å². The Balaban J connectivity index is 1.85. The molecule has 0 bridgehead atoms. The van der Waals surface area contributed by atoms with Crippen molar-refractivity contribution in [3.8, 4) is 0 Å². The summed E-state index contributed by atoms with van der Waals surface area (Å²) in [4.78, 5) is 15.2. The fraction of sp³-hybridized carbons (Fsp3) is 0.364. The van der Waals surface area contributed by atoms with E-state index in [1.165, 1.54) is 11.5 Å². The van der Waals surface area contributed by atoms with Crippen molar-refractivity contribution in [3.05, 3.63) is 32.4 Å². The van der Waals surface area contributed by atoms with Crippen LogP contribution >= 0.6 is 34.5 Å². The lowest BCUT2D eigenvalue weighted by Crippen LogP contribution is -2.49. The summed E-state index contributed by atoms with van der Waals surface area (Å²) in [5.74, 6) is 0.0352. The Morgan fingerprint density at radius 3 is 3.16 bits per heavy atom. The summed E-state index contributed by atoms with van der Waals surface area (Å²) in [6, 6.07) is 3.68. The minimum atomic E-state index is -0.258. The van der Waals surface area contributed by atoms with E-state index in [-0.39, 0.29) is 11.9 Å². The molecule has 1 N–H and O–H groups in total. The zero-order chi connectivity index (χ0) is 13.2. The second-order valence-corrected chi connectivity index (χ2v) is 6.51. The van der Waals surface area contributed by atoms with E-state index in [2.05, 4.69) is 19.8 Å². The number of piperazine rings is 1. The highest BCUT2D eigenvalue weighted by Gasteiger charge is 2.32. The van der Waals surface area contributed by atoms with Gasteiger partial charge in [0, 0.05) is 36.0 Å². The molecule has 0 aliphatic carbocycles. The van der Waals surface area contributed by atoms with Crippen LogP contribution in [-0.4, -0.2) is 33.5 Å². The Morgan fingerprint density at radius 2 is 2.47 bits per heavy atom. The van der Waals surface area contributed by atoms with Crippen LogP contribution in [0.25, 0.3) is 0 Å². The molecule has 0 radical (unpaired) electrons. The number of carbonyl (C=O) groups excluding carboxylic acids is 1. The number of amides is 1. The van der Waals surface area contributed by atoms with Crippen LogP contribution in [0.1, 0.15) is 16.6 Å². The molecule has 1 saturated heterocycles. The molecule has 1 amide bonds. The number of nitrogens with zero attached hydrogens (tertiary/aromatic N) is 3. The summed E-state index contributed by atoms with van der Waals surface area (Å²) in [5.41, 5.74) is 0.739. The van der Waals surface area contributed by atoms with Crippen LogP contribution < -0.4 is 5.32 Å². The third-order valence-corrected chi connectivity index (χ3v) is 4.90. The molecule has 0 aromatic carbocycles. The lowest BCUT2D eigenvalue weighted by molar-refractivity contribution is -0.129. The number of carbonyl (C=O) groups is 1. The van der Waals surface area contributed by atoms with Crippen molar-refractivity contribution < 1.29 is 4.79 Å². The first-order chi connectivity index (χ1) is 9.25. The van der Waals surface area contributed by atoms with Gasteiger partial charge in [-0.2, -0.15) is 0 Å². The number of halogens is 1. The fourth-order valence-electron chi connectivity index (χ4n) is 2.12. The van der Waals surface area contributed by atoms with Crippen LogP contribution in [0.5, 0.6) is 0 Å². The predicted molar refractivity (Wildman–Crippen MR) is 75.4 cm³/mol. The van der Waals surface area contributed by atoms with Gasteiger partial charge in [-0.15, -0.1) is 16.4 Å². The molecule has 100 valence electrons. The molecule has 1 fully saturated rings. The smallest absolute Gasteiger partial charge is 0.242 e. The molecule has 1 aliphatic heterocycles. The first-order valence-electron chi connectivity index (χ1n) is 5.77. The summed E-state index contributed by atoms with van der Waals surface area (Å²) >= 11 is 8.79. The van der Waals surface area contributed by atoms with Gasteiger partial charge >= 0.3 is 0 Å². The van der Waals surface area contributed by atoms with Gasteiger partial charge in [0.15, 0.2) is 0 Å². The average molecular weight is 315 g/mol. The van der Waals surface area contributed by atoms with E-state index in [9.17, 15) is 4.79 Å². The Kier molecular flexibility index (Phi) is 3.79. The van der Waals surface area contributed by atoms with Gasteiger partial charge in [-0.3, -0.25) is 9.69 Å². The Hall–Kier alpha value is -1.02. The van der Waals surface area contributed by atoms with Crippen LogP contribution in [-0.2, 0) is 11.3 Å². The van der Waals surface area contributed by atoms with Crippen LogP contribution in [0, 0.1) is 0 Å². The SMILES string of the molecule is O=C1NCCN(Cc2nnsc2Cl)[C@@H]1c1cccs1. The third kappa shape index (κ3) is 2.64. The topological polar surface area (TPSA) is 58.1 Å². The van der Waals surface area contributed by atoms with Gasteiger partial charge in [-0.05, 0) is 11.4 Å². The average Bonchev–Trinajstić information content (AvgIpc) is 3.03. The van der Waals surface area contributed by atoms with Gasteiger partial charge < -0.3 is 5.32 Å². The number of nitrogens with one attached hydrogen (secondary N) is 1. The van der Waals surface area contributed by atoms with Crippen LogP contribution in [0.3, 0.4) is 0 Å². The van der Waals surface area contributed by atoms with Gasteiger partial charge in [-0.25, -0.2) is 0 Å². The highest BCUT2D eigenvalue weighted by Crippen LogP contribution is 2.29. The standard InChI is InChI=1S/C11H11ClN4OS2/c12-10-7(14-15-19-10)6-16-4-3-13-11(17)9(16)8-2-1-5-18-8/h1-2,5,9H,3-4,6H2,(H,13,17)/t9-/m1/s1. The molecule has 0 unspecified atom stereocenters. The molecule has 2 aromatic heterocycles. The van der Waals surface area contributed by atoms with E-state index < -0.39 is 0 Å². The van der Waals surface area contributed by atoms with Gasteiger partial charge in [0.05, 0.1) is 0 Å². The normalized spacial score (nSPS) is 20.5. The maximum absolute atomic E-state index is 12.1. The van der Waals surface area contributed by atoms with Crippen molar-refractivity contribution in [3.63, 3.8) is 0 Å². The zero-order valence-corrected chi connectivity index (χ0v) is 12.3. The molecule has 2 aromatic rings. The number of hydrogen-bond acceptors (Lipinski definition) is 6. The molecule has 3 rings (SSSR count). The quantitative estimate of drug-likeness (QED) is 0.940. The summed E-state index contributed by atoms with van der Waals surface area (Å²) < 4.78 is 4.42. The molecule has 0 spiro atoms. The highest BCUT2D eigenvalue weighted by molar-refractivity contribution is 7.10. The van der Waals surface area contributed by atoms with Crippen LogP contribution in [0.2, 0.25) is 4.34 Å². The first-order valence-corrected chi connectivity index (χ1v) is 7.80. The van der Waals surface area contributed by atoms with Crippen molar-refractivity contribution in [2.24, 2.45) is 0 Å². The fourth-order valence-corrected chi connectivity index (χ4v) is 3.59. The van der Waals surface area contributed by atoms with E-state index in [4.69, 9.17) is 11.6 Å². The first kappa shape index (κ1) is 13.0. The van der Waals surface area contributed by atoms with E-state index in [0.29, 0.717) is 17.4 Å². The lowest BCUT2D eigenvalue weighted by atomic mass is 10.1. The highest BCUT2D eigenvalue weighted by atomic mass is 35.5. The summed E-state index contributed by atoms with van der Waals surface area (Å²) in [5, 5.41) is 8.90. The Bertz CT molecular complexity index is 571. The Morgan fingerprint density at radius 1 is 1.58 bits per heavy atom. The lowest BCUT2D eigenvalue weighted by Gasteiger charge is -2.33. The molecule has 1 atom stereocenters. The monoisotopic (exact) mass is 314 g/mol. The molecule has 19 heavy (non-hydrogen) atoms. The maximum atomic E-state index is 12.1. The summed E-state index contributed by atoms with van der Waals surface area (Å²) in [6.07, 6.45) is 0. The number of hydrogen-bond donors (Lipinski definition) is 1. The van der Waals surface area contributed by atoms with Gasteiger partial charge in [0.25, 0.3) is 0 Å². The van der Waals surface area contributed by atoms with Crippen molar-refractivity contribution >= 4 is 40.4 Å². The number of aromatic nitrogens is 2. The molecule has 8 heteroatoms. The maximum Gasteiger partial charge on any atom is 0.242 e. The number of rotatable bonds is 3. The van der Waals surface area contributed by atoms with E-state index >= 15 is 0 Å². The van der Waals surface area contributed by atoms with Crippen molar-refractivity contribution in [1.29, 1.82) is 0 Å². The zero-order valence-electron chi connectivity index (χ0n) is 9.88. The molecule has 0 saturated carbocycles.